The van der Waals surface area contributed by atoms with Gasteiger partial charge in [-0.15, -0.1) is 11.8 Å². The summed E-state index contributed by atoms with van der Waals surface area (Å²) in [6, 6.07) is 6.72. The predicted molar refractivity (Wildman–Crippen MR) is 72.4 cm³/mol. The summed E-state index contributed by atoms with van der Waals surface area (Å²) in [6.45, 7) is 5.59. The van der Waals surface area contributed by atoms with Crippen molar-refractivity contribution < 1.29 is 0 Å². The molecule has 1 N–H and O–H groups in total. The normalized spacial score (nSPS) is 24.2. The molecule has 0 radical (unpaired) electrons. The number of hydrogen-bond acceptors (Lipinski definition) is 2. The third kappa shape index (κ3) is 2.39. The Kier molecular flexibility index (Phi) is 4.17. The maximum Gasteiger partial charge on any atom is 0.0545 e. The molecule has 0 saturated carbocycles. The van der Waals surface area contributed by atoms with Crippen molar-refractivity contribution in [2.24, 2.45) is 5.92 Å². The van der Waals surface area contributed by atoms with E-state index >= 15 is 0 Å². The molecule has 1 aliphatic rings. The highest BCUT2D eigenvalue weighted by Crippen LogP contribution is 2.42. The Morgan fingerprint density at radius 3 is 3.06 bits per heavy atom. The summed E-state index contributed by atoms with van der Waals surface area (Å²) in [5, 5.41) is 4.53. The number of halogens is 1. The van der Waals surface area contributed by atoms with Gasteiger partial charge in [-0.05, 0) is 30.5 Å². The Hall–Kier alpha value is -0.180. The maximum absolute atomic E-state index is 6.24. The number of fused-ring (bicyclic) bond motifs is 1. The van der Waals surface area contributed by atoms with Crippen molar-refractivity contribution in [3.8, 4) is 0 Å². The highest BCUT2D eigenvalue weighted by Gasteiger charge is 2.27. The van der Waals surface area contributed by atoms with E-state index in [1.807, 2.05) is 17.8 Å². The largest absolute Gasteiger partial charge is 0.310 e. The second kappa shape index (κ2) is 5.44. The molecule has 2 unspecified atom stereocenters. The van der Waals surface area contributed by atoms with E-state index in [0.717, 1.165) is 17.3 Å². The van der Waals surface area contributed by atoms with Gasteiger partial charge < -0.3 is 5.32 Å². The van der Waals surface area contributed by atoms with Crippen LogP contribution in [-0.2, 0) is 0 Å². The first-order valence-corrected chi connectivity index (χ1v) is 7.25. The Morgan fingerprint density at radius 1 is 1.50 bits per heavy atom. The fraction of sp³-hybridized carbons (Fsp3) is 0.538. The molecular formula is C13H18ClNS. The van der Waals surface area contributed by atoms with Crippen LogP contribution in [0.5, 0.6) is 0 Å². The van der Waals surface area contributed by atoms with Gasteiger partial charge in [0.15, 0.2) is 0 Å². The zero-order valence-electron chi connectivity index (χ0n) is 9.79. The van der Waals surface area contributed by atoms with E-state index < -0.39 is 0 Å². The first-order chi connectivity index (χ1) is 7.74. The molecule has 0 bridgehead atoms. The van der Waals surface area contributed by atoms with E-state index in [2.05, 4.69) is 31.3 Å². The van der Waals surface area contributed by atoms with Crippen LogP contribution in [0.4, 0.5) is 0 Å². The van der Waals surface area contributed by atoms with Gasteiger partial charge in [0.2, 0.25) is 0 Å². The Balaban J connectivity index is 2.29. The molecule has 1 aliphatic heterocycles. The van der Waals surface area contributed by atoms with Crippen molar-refractivity contribution in [1.29, 1.82) is 0 Å². The molecule has 2 rings (SSSR count). The van der Waals surface area contributed by atoms with Crippen molar-refractivity contribution in [3.05, 3.63) is 28.8 Å². The van der Waals surface area contributed by atoms with Crippen LogP contribution in [0.1, 0.15) is 31.9 Å². The Morgan fingerprint density at radius 2 is 2.31 bits per heavy atom. The minimum absolute atomic E-state index is 0.467. The number of thioether (sulfide) groups is 1. The molecule has 0 saturated heterocycles. The van der Waals surface area contributed by atoms with Crippen molar-refractivity contribution in [1.82, 2.24) is 5.32 Å². The average molecular weight is 256 g/mol. The average Bonchev–Trinajstić information content (AvgIpc) is 2.28. The molecule has 3 heteroatoms. The lowest BCUT2D eigenvalue weighted by Crippen LogP contribution is -2.31. The Bertz CT molecular complexity index is 367. The van der Waals surface area contributed by atoms with Crippen LogP contribution < -0.4 is 5.32 Å². The zero-order valence-corrected chi connectivity index (χ0v) is 11.4. The van der Waals surface area contributed by atoms with Crippen LogP contribution >= 0.6 is 23.4 Å². The van der Waals surface area contributed by atoms with Gasteiger partial charge in [0.05, 0.1) is 5.02 Å². The molecule has 1 heterocycles. The Labute approximate surface area is 107 Å². The minimum Gasteiger partial charge on any atom is -0.310 e. The molecule has 0 amide bonds. The van der Waals surface area contributed by atoms with Crippen LogP contribution in [0.25, 0.3) is 0 Å². The summed E-state index contributed by atoms with van der Waals surface area (Å²) in [5.41, 5.74) is 1.38. The number of rotatable bonds is 3. The highest BCUT2D eigenvalue weighted by atomic mass is 35.5. The van der Waals surface area contributed by atoms with Crippen LogP contribution in [0.15, 0.2) is 23.1 Å². The van der Waals surface area contributed by atoms with E-state index in [9.17, 15) is 0 Å². The van der Waals surface area contributed by atoms with Crippen LogP contribution in [0.3, 0.4) is 0 Å². The van der Waals surface area contributed by atoms with Crippen LogP contribution in [0, 0.1) is 5.92 Å². The first kappa shape index (κ1) is 12.3. The van der Waals surface area contributed by atoms with Crippen molar-refractivity contribution in [2.75, 3.05) is 12.3 Å². The summed E-state index contributed by atoms with van der Waals surface area (Å²) in [6.07, 6.45) is 1.17. The second-order valence-corrected chi connectivity index (χ2v) is 5.82. The summed E-state index contributed by atoms with van der Waals surface area (Å²) in [7, 11) is 0. The third-order valence-electron chi connectivity index (χ3n) is 3.01. The zero-order chi connectivity index (χ0) is 11.5. The van der Waals surface area contributed by atoms with Gasteiger partial charge in [-0.2, -0.15) is 0 Å². The van der Waals surface area contributed by atoms with Gasteiger partial charge >= 0.3 is 0 Å². The fourth-order valence-corrected chi connectivity index (χ4v) is 3.69. The lowest BCUT2D eigenvalue weighted by atomic mass is 9.95. The minimum atomic E-state index is 0.467. The molecule has 1 aromatic rings. The molecule has 1 aromatic carbocycles. The van der Waals surface area contributed by atoms with E-state index in [1.165, 1.54) is 16.9 Å². The van der Waals surface area contributed by atoms with Crippen LogP contribution in [-0.4, -0.2) is 12.3 Å². The van der Waals surface area contributed by atoms with Crippen molar-refractivity contribution in [2.45, 2.75) is 31.2 Å². The number of benzene rings is 1. The topological polar surface area (TPSA) is 12.0 Å². The van der Waals surface area contributed by atoms with E-state index in [4.69, 9.17) is 11.6 Å². The monoisotopic (exact) mass is 255 g/mol. The molecule has 2 atom stereocenters. The molecular weight excluding hydrogens is 238 g/mol. The van der Waals surface area contributed by atoms with E-state index in [0.29, 0.717) is 12.0 Å². The van der Waals surface area contributed by atoms with E-state index in [1.54, 1.807) is 0 Å². The molecule has 16 heavy (non-hydrogen) atoms. The van der Waals surface area contributed by atoms with Gasteiger partial charge in [-0.3, -0.25) is 0 Å². The summed E-state index contributed by atoms with van der Waals surface area (Å²) < 4.78 is 0. The molecule has 0 spiro atoms. The van der Waals surface area contributed by atoms with Gasteiger partial charge in [-0.25, -0.2) is 0 Å². The standard InChI is InChI=1S/C13H18ClNS/c1-3-7-15-12-9(2)8-16-13-10(12)5-4-6-11(13)14/h4-6,9,12,15H,3,7-8H2,1-2H3. The van der Waals surface area contributed by atoms with Crippen molar-refractivity contribution >= 4 is 23.4 Å². The smallest absolute Gasteiger partial charge is 0.0545 e. The second-order valence-electron chi connectivity index (χ2n) is 4.38. The van der Waals surface area contributed by atoms with Gasteiger partial charge in [0.25, 0.3) is 0 Å². The van der Waals surface area contributed by atoms with E-state index in [-0.39, 0.29) is 0 Å². The lowest BCUT2D eigenvalue weighted by molar-refractivity contribution is 0.407. The van der Waals surface area contributed by atoms with Crippen LogP contribution in [0.2, 0.25) is 5.02 Å². The first-order valence-electron chi connectivity index (χ1n) is 5.88. The maximum atomic E-state index is 6.24. The molecule has 0 fully saturated rings. The number of nitrogens with one attached hydrogen (secondary N) is 1. The highest BCUT2D eigenvalue weighted by molar-refractivity contribution is 7.99. The van der Waals surface area contributed by atoms with Crippen molar-refractivity contribution in [3.63, 3.8) is 0 Å². The fourth-order valence-electron chi connectivity index (χ4n) is 2.15. The third-order valence-corrected chi connectivity index (χ3v) is 4.87. The lowest BCUT2D eigenvalue weighted by Gasteiger charge is -2.32. The molecule has 0 aromatic heterocycles. The molecule has 0 aliphatic carbocycles. The number of hydrogen-bond donors (Lipinski definition) is 1. The summed E-state index contributed by atoms with van der Waals surface area (Å²) >= 11 is 8.13. The summed E-state index contributed by atoms with van der Waals surface area (Å²) in [4.78, 5) is 1.27. The summed E-state index contributed by atoms with van der Waals surface area (Å²) in [5.74, 6) is 1.82. The quantitative estimate of drug-likeness (QED) is 0.872. The predicted octanol–water partition coefficient (Wildman–Crippen LogP) is 4.12. The van der Waals surface area contributed by atoms with Gasteiger partial charge in [0, 0.05) is 16.7 Å². The van der Waals surface area contributed by atoms with Gasteiger partial charge in [-0.1, -0.05) is 37.6 Å². The molecule has 1 nitrogen and oxygen atoms in total. The molecule has 88 valence electrons. The SMILES string of the molecule is CCCNC1c2cccc(Cl)c2SCC1C. The van der Waals surface area contributed by atoms with Gasteiger partial charge in [0.1, 0.15) is 0 Å².